The number of aliphatic hydroxyl groups excluding tert-OH is 4. The zero-order valence-corrected chi connectivity index (χ0v) is 21.9. The first-order valence-electron chi connectivity index (χ1n) is 13.2. The molecule has 0 spiro atoms. The second-order valence-electron chi connectivity index (χ2n) is 10.5. The van der Waals surface area contributed by atoms with Crippen LogP contribution in [0.4, 0.5) is 5.82 Å². The lowest BCUT2D eigenvalue weighted by atomic mass is 9.84. The highest BCUT2D eigenvalue weighted by molar-refractivity contribution is 5.81. The molecule has 1 aliphatic heterocycles. The molecule has 2 fully saturated rings. The number of nitrogens with one attached hydrogen (secondary N) is 1. The van der Waals surface area contributed by atoms with Gasteiger partial charge in [-0.15, -0.1) is 0 Å². The summed E-state index contributed by atoms with van der Waals surface area (Å²) in [5.41, 5.74) is 30.8. The van der Waals surface area contributed by atoms with Gasteiger partial charge in [-0.3, -0.25) is 4.79 Å². The molecule has 4 rings (SSSR count). The molecule has 0 aromatic carbocycles. The molecule has 40 heavy (non-hydrogen) atoms. The molecule has 15 N–H and O–H groups in total. The summed E-state index contributed by atoms with van der Waals surface area (Å²) in [6, 6.07) is -3.47. The number of carbonyl (C=O) groups excluding carboxylic acids is 1. The lowest BCUT2D eigenvalue weighted by Crippen LogP contribution is -2.67. The summed E-state index contributed by atoms with van der Waals surface area (Å²) < 4.78 is 13.3. The van der Waals surface area contributed by atoms with Gasteiger partial charge in [0.05, 0.1) is 24.5 Å². The smallest absolute Gasteiger partial charge is 0.237 e. The monoisotopic (exact) mass is 568 g/mol. The number of aliphatic hydroxyl groups is 4. The van der Waals surface area contributed by atoms with Crippen LogP contribution in [0.25, 0.3) is 11.2 Å². The number of fused-ring (bicyclic) bond motifs is 1. The van der Waals surface area contributed by atoms with Crippen molar-refractivity contribution in [3.63, 3.8) is 0 Å². The van der Waals surface area contributed by atoms with Gasteiger partial charge in [-0.05, 0) is 25.7 Å². The lowest BCUT2D eigenvalue weighted by Gasteiger charge is -2.45. The van der Waals surface area contributed by atoms with E-state index < -0.39 is 73.0 Å². The highest BCUT2D eigenvalue weighted by atomic mass is 16.7. The van der Waals surface area contributed by atoms with E-state index in [0.717, 1.165) is 0 Å². The fraction of sp³-hybridized carbons (Fsp3) is 0.739. The van der Waals surface area contributed by atoms with Crippen LogP contribution in [0.5, 0.6) is 0 Å². The van der Waals surface area contributed by atoms with E-state index in [-0.39, 0.29) is 13.0 Å². The molecule has 0 bridgehead atoms. The molecule has 3 heterocycles. The molecule has 224 valence electrons. The molecule has 1 aliphatic carbocycles. The van der Waals surface area contributed by atoms with Gasteiger partial charge in [0.1, 0.15) is 42.4 Å². The van der Waals surface area contributed by atoms with Crippen LogP contribution in [-0.2, 0) is 20.8 Å². The average Bonchev–Trinajstić information content (AvgIpc) is 3.35. The maximum absolute atomic E-state index is 12.6. The number of aryl methyl sites for hydroxylation is 1. The van der Waals surface area contributed by atoms with Gasteiger partial charge in [-0.1, -0.05) is 0 Å². The number of ether oxygens (including phenoxy) is 2. The summed E-state index contributed by atoms with van der Waals surface area (Å²) >= 11 is 0. The number of nitrogens with zero attached hydrogens (tertiary/aromatic N) is 4. The van der Waals surface area contributed by atoms with Gasteiger partial charge in [0.15, 0.2) is 17.8 Å². The van der Waals surface area contributed by atoms with Crippen LogP contribution < -0.4 is 34.0 Å². The van der Waals surface area contributed by atoms with E-state index >= 15 is 0 Å². The Bertz CT molecular complexity index is 1140. The number of carbonyl (C=O) groups is 1. The van der Waals surface area contributed by atoms with E-state index in [9.17, 15) is 25.2 Å². The van der Waals surface area contributed by atoms with Crippen LogP contribution in [0, 0.1) is 0 Å². The molecule has 2 aromatic rings. The number of amides is 1. The van der Waals surface area contributed by atoms with E-state index in [0.29, 0.717) is 42.8 Å². The number of rotatable bonds is 10. The Morgan fingerprint density at radius 2 is 1.82 bits per heavy atom. The van der Waals surface area contributed by atoms with Crippen LogP contribution >= 0.6 is 0 Å². The average molecular weight is 569 g/mol. The van der Waals surface area contributed by atoms with E-state index in [4.69, 9.17) is 38.1 Å². The quantitative estimate of drug-likeness (QED) is 0.120. The molecule has 1 saturated carbocycles. The summed E-state index contributed by atoms with van der Waals surface area (Å²) in [7, 11) is 0. The normalized spacial score (nSPS) is 35.5. The van der Waals surface area contributed by atoms with Gasteiger partial charge in [-0.25, -0.2) is 15.0 Å². The lowest BCUT2D eigenvalue weighted by molar-refractivity contribution is -0.288. The van der Waals surface area contributed by atoms with E-state index in [1.165, 1.54) is 6.33 Å². The summed E-state index contributed by atoms with van der Waals surface area (Å²) in [6.45, 7) is 0.414. The van der Waals surface area contributed by atoms with Crippen molar-refractivity contribution in [2.24, 2.45) is 22.9 Å². The summed E-state index contributed by atoms with van der Waals surface area (Å²) in [5, 5.41) is 44.1. The topological polar surface area (TPSA) is 302 Å². The molecule has 17 nitrogen and oxygen atoms in total. The van der Waals surface area contributed by atoms with Crippen molar-refractivity contribution in [1.82, 2.24) is 24.8 Å². The first-order chi connectivity index (χ1) is 19.0. The molecule has 0 radical (unpaired) electrons. The number of anilines is 1. The molecule has 1 saturated heterocycles. The van der Waals surface area contributed by atoms with Gasteiger partial charge in [-0.2, -0.15) is 0 Å². The SMILES string of the molecule is Nc1ncnc2c1ncn2CCCCC(N)C(=O)NC[C@H]1O[C@H](O[C@H]2[C@H](O)[C@@H](O)[C@H](N)C[C@@H]2N)[C@H](N)[C@@H](O)[C@@H]1O. The van der Waals surface area contributed by atoms with Gasteiger partial charge in [0, 0.05) is 25.2 Å². The Morgan fingerprint density at radius 1 is 1.07 bits per heavy atom. The second kappa shape index (κ2) is 12.9. The highest BCUT2D eigenvalue weighted by Gasteiger charge is 2.48. The van der Waals surface area contributed by atoms with Crippen LogP contribution in [0.1, 0.15) is 25.7 Å². The highest BCUT2D eigenvalue weighted by Crippen LogP contribution is 2.27. The third-order valence-corrected chi connectivity index (χ3v) is 7.54. The predicted octanol–water partition coefficient (Wildman–Crippen LogP) is -5.04. The number of hydrogen-bond donors (Lipinski definition) is 10. The molecular weight excluding hydrogens is 528 g/mol. The van der Waals surface area contributed by atoms with Gasteiger partial charge in [0.25, 0.3) is 0 Å². The molecule has 17 heteroatoms. The molecule has 1 unspecified atom stereocenters. The zero-order valence-electron chi connectivity index (χ0n) is 21.9. The van der Waals surface area contributed by atoms with Crippen LogP contribution in [0.15, 0.2) is 12.7 Å². The minimum absolute atomic E-state index is 0.176. The largest absolute Gasteiger partial charge is 0.389 e. The summed E-state index contributed by atoms with van der Waals surface area (Å²) in [6.07, 6.45) is -4.12. The standard InChI is InChI=1S/C23H40N10O7/c24-9(3-1-2-4-33-8-32-14-20(28)30-7-31-21(14)33)22(38)29-6-12-16(35)17(36)13(27)23(39-12)40-19-11(26)5-10(25)15(34)18(19)37/h7-13,15-19,23,34-37H,1-6,24-27H2,(H,29,38)(H2,28,30,31)/t9?,10-,11+,12-,13-,15+,16-,17-,18-,19-,23-/m1/s1. The van der Waals surface area contributed by atoms with Crippen molar-refractivity contribution in [1.29, 1.82) is 0 Å². The Balaban J connectivity index is 1.24. The summed E-state index contributed by atoms with van der Waals surface area (Å²) in [5.74, 6) is -0.159. The maximum atomic E-state index is 12.6. The van der Waals surface area contributed by atoms with Crippen LogP contribution in [0.2, 0.25) is 0 Å². The number of hydrogen-bond acceptors (Lipinski definition) is 15. The zero-order chi connectivity index (χ0) is 29.1. The fourth-order valence-electron chi connectivity index (χ4n) is 5.04. The Hall–Kier alpha value is -2.58. The van der Waals surface area contributed by atoms with E-state index in [1.807, 2.05) is 4.57 Å². The Labute approximate surface area is 230 Å². The van der Waals surface area contributed by atoms with Gasteiger partial charge in [0.2, 0.25) is 5.91 Å². The number of aromatic nitrogens is 4. The molecule has 2 aliphatic rings. The van der Waals surface area contributed by atoms with E-state index in [2.05, 4.69) is 20.3 Å². The Kier molecular flexibility index (Phi) is 9.83. The Morgan fingerprint density at radius 3 is 2.58 bits per heavy atom. The van der Waals surface area contributed by atoms with Crippen molar-refractivity contribution < 1.29 is 34.7 Å². The number of nitrogen functional groups attached to an aromatic ring is 1. The molecule has 11 atom stereocenters. The van der Waals surface area contributed by atoms with Crippen LogP contribution in [-0.4, -0.2) is 119 Å². The number of unbranched alkanes of at least 4 members (excludes halogenated alkanes) is 1. The van der Waals surface area contributed by atoms with Crippen molar-refractivity contribution in [3.05, 3.63) is 12.7 Å². The van der Waals surface area contributed by atoms with Crippen molar-refractivity contribution in [3.8, 4) is 0 Å². The van der Waals surface area contributed by atoms with Crippen molar-refractivity contribution in [2.75, 3.05) is 12.3 Å². The van der Waals surface area contributed by atoms with Crippen LogP contribution in [0.3, 0.4) is 0 Å². The van der Waals surface area contributed by atoms with Gasteiger partial charge < -0.3 is 68.5 Å². The number of imidazole rings is 1. The molecule has 1 amide bonds. The molecule has 2 aromatic heterocycles. The van der Waals surface area contributed by atoms with Gasteiger partial charge >= 0.3 is 0 Å². The molecular formula is C23H40N10O7. The third kappa shape index (κ3) is 6.49. The van der Waals surface area contributed by atoms with Crippen molar-refractivity contribution in [2.45, 2.75) is 99.3 Å². The first-order valence-corrected chi connectivity index (χ1v) is 13.2. The summed E-state index contributed by atoms with van der Waals surface area (Å²) in [4.78, 5) is 24.9. The van der Waals surface area contributed by atoms with Crippen molar-refractivity contribution >= 4 is 22.9 Å². The predicted molar refractivity (Wildman–Crippen MR) is 141 cm³/mol. The first kappa shape index (κ1) is 30.4. The maximum Gasteiger partial charge on any atom is 0.237 e. The fourth-order valence-corrected chi connectivity index (χ4v) is 5.04. The third-order valence-electron chi connectivity index (χ3n) is 7.54. The minimum atomic E-state index is -1.46. The minimum Gasteiger partial charge on any atom is -0.389 e. The van der Waals surface area contributed by atoms with E-state index in [1.54, 1.807) is 6.33 Å². The second-order valence-corrected chi connectivity index (χ2v) is 10.5. The number of nitrogens with two attached hydrogens (primary N) is 5.